The molecule has 0 N–H and O–H groups in total. The fourth-order valence-corrected chi connectivity index (χ4v) is 12.9. The highest BCUT2D eigenvalue weighted by molar-refractivity contribution is 6.16. The number of benzene rings is 11. The molecule has 364 valence electrons. The van der Waals surface area contributed by atoms with E-state index in [9.17, 15) is 0 Å². The first-order valence-electron chi connectivity index (χ1n) is 26.6. The quantitative estimate of drug-likeness (QED) is 0.167. The maximum absolute atomic E-state index is 6.92. The number of nitrogens with zero attached hydrogens (tertiary/aromatic N) is 6. The van der Waals surface area contributed by atoms with E-state index in [2.05, 4.69) is 284 Å². The largest absolute Gasteiger partial charge is 0.456 e. The second-order valence-electron chi connectivity index (χ2n) is 20.2. The number of fused-ring (bicyclic) bond motifs is 14. The van der Waals surface area contributed by atoms with Gasteiger partial charge in [0.1, 0.15) is 22.5 Å². The average molecular weight is 997 g/mol. The van der Waals surface area contributed by atoms with Gasteiger partial charge in [-0.25, -0.2) is 4.98 Å². The Hall–Kier alpha value is -10.6. The van der Waals surface area contributed by atoms with E-state index in [0.717, 1.165) is 150 Å². The predicted octanol–water partition coefficient (Wildman–Crippen LogP) is 19.2. The Balaban J connectivity index is 1.16. The number of pyridine rings is 1. The van der Waals surface area contributed by atoms with Crippen LogP contribution in [0, 0.1) is 0 Å². The lowest BCUT2D eigenvalue weighted by molar-refractivity contribution is 0.669. The summed E-state index contributed by atoms with van der Waals surface area (Å²) in [6.07, 6.45) is 0. The van der Waals surface area contributed by atoms with Crippen LogP contribution in [0.4, 0.5) is 34.3 Å². The highest BCUT2D eigenvalue weighted by Gasteiger charge is 2.37. The number of hydrogen-bond donors (Lipinski definition) is 0. The van der Waals surface area contributed by atoms with Gasteiger partial charge in [-0.2, -0.15) is 0 Å². The highest BCUT2D eigenvalue weighted by atomic mass is 16.3. The monoisotopic (exact) mass is 996 g/mol. The lowest BCUT2D eigenvalue weighted by Crippen LogP contribution is -2.26. The Morgan fingerprint density at radius 2 is 0.628 bits per heavy atom. The van der Waals surface area contributed by atoms with E-state index in [-0.39, 0.29) is 0 Å². The smallest absolute Gasteiger partial charge is 0.165 e. The molecule has 7 heteroatoms. The van der Waals surface area contributed by atoms with Gasteiger partial charge < -0.3 is 18.5 Å². The third kappa shape index (κ3) is 5.95. The number of rotatable bonds is 6. The molecule has 16 aromatic rings. The van der Waals surface area contributed by atoms with Crippen molar-refractivity contribution in [3.05, 3.63) is 267 Å². The maximum atomic E-state index is 6.92. The lowest BCUT2D eigenvalue weighted by Gasteiger charge is -2.41. The molecule has 0 spiro atoms. The fraction of sp³-hybridized carbons (Fsp3) is 0. The van der Waals surface area contributed by atoms with Crippen molar-refractivity contribution in [1.82, 2.24) is 18.7 Å². The van der Waals surface area contributed by atoms with Gasteiger partial charge in [-0.05, 0) is 96.6 Å². The Kier molecular flexibility index (Phi) is 9.00. The number of furan rings is 1. The van der Waals surface area contributed by atoms with Crippen molar-refractivity contribution < 1.29 is 4.42 Å². The number of anilines is 6. The second kappa shape index (κ2) is 16.4. The van der Waals surface area contributed by atoms with E-state index in [1.807, 2.05) is 6.07 Å². The summed E-state index contributed by atoms with van der Waals surface area (Å²) >= 11 is 0. The van der Waals surface area contributed by atoms with Crippen LogP contribution >= 0.6 is 0 Å². The van der Waals surface area contributed by atoms with Gasteiger partial charge in [-0.3, -0.25) is 9.47 Å². The van der Waals surface area contributed by atoms with Crippen molar-refractivity contribution >= 4 is 122 Å². The molecule has 0 amide bonds. The molecule has 17 rings (SSSR count). The molecule has 1 aliphatic heterocycles. The Labute approximate surface area is 447 Å². The molecule has 0 saturated carbocycles. The zero-order valence-electron chi connectivity index (χ0n) is 42.0. The summed E-state index contributed by atoms with van der Waals surface area (Å²) in [7, 11) is 0. The number of aromatic nitrogens is 4. The molecule has 0 bridgehead atoms. The summed E-state index contributed by atoms with van der Waals surface area (Å²) < 4.78 is 14.3. The first-order chi connectivity index (χ1) is 38.8. The maximum Gasteiger partial charge on any atom is 0.165 e. The molecule has 1 aliphatic rings. The predicted molar refractivity (Wildman–Crippen MR) is 323 cm³/mol. The Bertz CT molecular complexity index is 4930. The molecule has 11 aromatic carbocycles. The molecular formula is C71H44N6O. The van der Waals surface area contributed by atoms with E-state index < -0.39 is 0 Å². The van der Waals surface area contributed by atoms with E-state index >= 15 is 0 Å². The molecule has 5 aromatic heterocycles. The summed E-state index contributed by atoms with van der Waals surface area (Å²) in [4.78, 5) is 11.3. The summed E-state index contributed by atoms with van der Waals surface area (Å²) in [5.41, 5.74) is 17.0. The van der Waals surface area contributed by atoms with Gasteiger partial charge >= 0.3 is 0 Å². The molecule has 0 unspecified atom stereocenters. The zero-order chi connectivity index (χ0) is 51.0. The van der Waals surface area contributed by atoms with Crippen molar-refractivity contribution in [3.8, 4) is 28.3 Å². The first-order valence-corrected chi connectivity index (χ1v) is 26.6. The van der Waals surface area contributed by atoms with Crippen molar-refractivity contribution in [3.63, 3.8) is 0 Å². The van der Waals surface area contributed by atoms with Gasteiger partial charge in [0, 0.05) is 54.3 Å². The summed E-state index contributed by atoms with van der Waals surface area (Å²) in [6.45, 7) is 0. The van der Waals surface area contributed by atoms with Gasteiger partial charge in [0.25, 0.3) is 0 Å². The van der Waals surface area contributed by atoms with E-state index in [1.54, 1.807) is 0 Å². The molecule has 0 fully saturated rings. The molecule has 0 atom stereocenters. The SMILES string of the molecule is c1ccc(N2c3ccccc3N(c3nc(-n4c5ccccc5c5ccccc54)c(-n4c5ccccc5c5ccccc54)c(-c4ccc5c(c4)oc4ccccc45)c3-n3c4ccccc4c4ccccc43)c3ccccc32)cc1. The topological polar surface area (TPSA) is 47.3 Å². The van der Waals surface area contributed by atoms with Crippen LogP contribution in [0.5, 0.6) is 0 Å². The van der Waals surface area contributed by atoms with Crippen molar-refractivity contribution in [2.75, 3.05) is 9.80 Å². The minimum Gasteiger partial charge on any atom is -0.456 e. The van der Waals surface area contributed by atoms with Crippen LogP contribution in [-0.2, 0) is 0 Å². The van der Waals surface area contributed by atoms with Crippen LogP contribution in [0.3, 0.4) is 0 Å². The minimum absolute atomic E-state index is 0.759. The van der Waals surface area contributed by atoms with Crippen LogP contribution in [-0.4, -0.2) is 18.7 Å². The molecular weight excluding hydrogens is 953 g/mol. The minimum atomic E-state index is 0.759. The third-order valence-electron chi connectivity index (χ3n) is 16.1. The third-order valence-corrected chi connectivity index (χ3v) is 16.1. The van der Waals surface area contributed by atoms with Crippen LogP contribution < -0.4 is 9.80 Å². The average Bonchev–Trinajstić information content (AvgIpc) is 4.15. The Morgan fingerprint density at radius 3 is 1.10 bits per heavy atom. The number of para-hydroxylation sites is 12. The van der Waals surface area contributed by atoms with E-state index in [0.29, 0.717) is 0 Å². The molecule has 6 heterocycles. The molecule has 7 nitrogen and oxygen atoms in total. The lowest BCUT2D eigenvalue weighted by atomic mass is 9.98. The normalized spacial score (nSPS) is 12.6. The van der Waals surface area contributed by atoms with Crippen molar-refractivity contribution in [2.24, 2.45) is 0 Å². The summed E-state index contributed by atoms with van der Waals surface area (Å²) in [5, 5.41) is 9.04. The van der Waals surface area contributed by atoms with Gasteiger partial charge in [-0.15, -0.1) is 0 Å². The van der Waals surface area contributed by atoms with Crippen molar-refractivity contribution in [1.29, 1.82) is 0 Å². The molecule has 0 aliphatic carbocycles. The molecule has 78 heavy (non-hydrogen) atoms. The fourth-order valence-electron chi connectivity index (χ4n) is 12.9. The summed E-state index contributed by atoms with van der Waals surface area (Å²) in [5.74, 6) is 1.54. The van der Waals surface area contributed by atoms with Crippen molar-refractivity contribution in [2.45, 2.75) is 0 Å². The van der Waals surface area contributed by atoms with Gasteiger partial charge in [0.05, 0.1) is 55.8 Å². The van der Waals surface area contributed by atoms with Gasteiger partial charge in [-0.1, -0.05) is 176 Å². The van der Waals surface area contributed by atoms with E-state index in [4.69, 9.17) is 9.40 Å². The Morgan fingerprint density at radius 1 is 0.269 bits per heavy atom. The van der Waals surface area contributed by atoms with Gasteiger partial charge in [0.15, 0.2) is 11.6 Å². The second-order valence-corrected chi connectivity index (χ2v) is 20.2. The van der Waals surface area contributed by atoms with E-state index in [1.165, 1.54) is 0 Å². The number of hydrogen-bond acceptors (Lipinski definition) is 4. The first kappa shape index (κ1) is 42.7. The summed E-state index contributed by atoms with van der Waals surface area (Å²) in [6, 6.07) is 96.4. The van der Waals surface area contributed by atoms with Crippen LogP contribution in [0.1, 0.15) is 0 Å². The molecule has 0 radical (unpaired) electrons. The van der Waals surface area contributed by atoms with Gasteiger partial charge in [0.2, 0.25) is 0 Å². The van der Waals surface area contributed by atoms with Crippen LogP contribution in [0.15, 0.2) is 271 Å². The molecule has 0 saturated heterocycles. The zero-order valence-corrected chi connectivity index (χ0v) is 42.0. The highest BCUT2D eigenvalue weighted by Crippen LogP contribution is 2.57. The standard InChI is InChI=1S/C71H44N6O/c1-2-22-46(23-3-1)73-61-37-17-19-39-63(61)77(64-40-20-18-38-62(64)73)71-69(75-57-33-13-6-26-49(57)50-27-7-14-34-58(50)75)67(45-42-43-54-53-30-10-21-41-65(53)78-66(54)44-45)68(74-55-31-11-4-24-47(55)48-25-5-12-32-56(48)74)70(72-71)76-59-35-15-8-28-51(59)52-29-9-16-36-60(52)76/h1-44H. The van der Waals surface area contributed by atoms with Crippen LogP contribution in [0.2, 0.25) is 0 Å². The van der Waals surface area contributed by atoms with Crippen LogP contribution in [0.25, 0.3) is 116 Å².